The normalized spacial score (nSPS) is 18.4. The zero-order valence-electron chi connectivity index (χ0n) is 23.0. The topological polar surface area (TPSA) is 60.7 Å². The van der Waals surface area contributed by atoms with Crippen molar-refractivity contribution in [3.63, 3.8) is 0 Å². The SMILES string of the molecule is C=C=C(NCC(S)c1cc2c(c(-c3cc(Cl)c(F)cc3F)n1)OCC2C)c1cc(OC2CC2)n2nc(C3CC3)cc2c1. The summed E-state index contributed by atoms with van der Waals surface area (Å²) in [6.45, 7) is 6.77. The van der Waals surface area contributed by atoms with Gasteiger partial charge >= 0.3 is 0 Å². The number of nitrogens with zero attached hydrogens (tertiary/aromatic N) is 3. The molecule has 4 aromatic rings. The lowest BCUT2D eigenvalue weighted by molar-refractivity contribution is 0.283. The van der Waals surface area contributed by atoms with Gasteiger partial charge in [-0.15, -0.1) is 5.73 Å². The highest BCUT2D eigenvalue weighted by molar-refractivity contribution is 7.80. The Bertz CT molecular complexity index is 1780. The van der Waals surface area contributed by atoms with Crippen LogP contribution in [-0.2, 0) is 0 Å². The Morgan fingerprint density at radius 3 is 2.74 bits per heavy atom. The fourth-order valence-electron chi connectivity index (χ4n) is 5.27. The minimum absolute atomic E-state index is 0.0735. The van der Waals surface area contributed by atoms with E-state index in [1.54, 1.807) is 0 Å². The number of thiol groups is 1. The van der Waals surface area contributed by atoms with Crippen molar-refractivity contribution in [2.45, 2.75) is 55.8 Å². The maximum absolute atomic E-state index is 14.9. The summed E-state index contributed by atoms with van der Waals surface area (Å²) >= 11 is 10.9. The summed E-state index contributed by atoms with van der Waals surface area (Å²) in [7, 11) is 0. The summed E-state index contributed by atoms with van der Waals surface area (Å²) in [5.41, 5.74) is 8.54. The lowest BCUT2D eigenvalue weighted by Gasteiger charge is -2.18. The van der Waals surface area contributed by atoms with Crippen LogP contribution >= 0.6 is 24.2 Å². The smallest absolute Gasteiger partial charge is 0.215 e. The standard InChI is InChI=1S/C32H29ClF2N4O2S/c1-3-26(18-8-19-10-27(17-4-5-17)38-39(19)30(9-18)41-20-6-7-20)36-14-29(42)28-12-21-16(2)15-40-32(21)31(37-28)22-11-23(33)25(35)13-24(22)34/h8-13,16-17,20,29,36,42H,1,4-7,14-15H2,2H3. The van der Waals surface area contributed by atoms with Gasteiger partial charge in [-0.25, -0.2) is 18.3 Å². The maximum atomic E-state index is 14.9. The van der Waals surface area contributed by atoms with Crippen LogP contribution in [-0.4, -0.2) is 33.9 Å². The summed E-state index contributed by atoms with van der Waals surface area (Å²) < 4.78 is 42.8. The van der Waals surface area contributed by atoms with Crippen LogP contribution in [0.2, 0.25) is 5.02 Å². The van der Waals surface area contributed by atoms with Gasteiger partial charge in [0.2, 0.25) is 5.88 Å². The molecule has 7 rings (SSSR count). The number of aromatic nitrogens is 3. The van der Waals surface area contributed by atoms with Gasteiger partial charge in [-0.2, -0.15) is 17.7 Å². The molecular weight excluding hydrogens is 578 g/mol. The molecule has 2 unspecified atom stereocenters. The van der Waals surface area contributed by atoms with Crippen LogP contribution in [0.15, 0.2) is 48.7 Å². The van der Waals surface area contributed by atoms with E-state index in [4.69, 9.17) is 43.8 Å². The van der Waals surface area contributed by atoms with E-state index < -0.39 is 11.6 Å². The average molecular weight is 607 g/mol. The van der Waals surface area contributed by atoms with Gasteiger partial charge in [0.1, 0.15) is 29.2 Å². The zero-order chi connectivity index (χ0) is 29.1. The van der Waals surface area contributed by atoms with E-state index in [0.717, 1.165) is 41.2 Å². The molecule has 216 valence electrons. The largest absolute Gasteiger partial charge is 0.490 e. The third-order valence-electron chi connectivity index (χ3n) is 7.93. The molecule has 2 fully saturated rings. The first-order valence-electron chi connectivity index (χ1n) is 14.1. The average Bonchev–Trinajstić information content (AvgIpc) is 3.91. The third-order valence-corrected chi connectivity index (χ3v) is 8.67. The van der Waals surface area contributed by atoms with Crippen LogP contribution in [0.3, 0.4) is 0 Å². The fourth-order valence-corrected chi connectivity index (χ4v) is 5.66. The number of nitrogens with one attached hydrogen (secondary N) is 1. The maximum Gasteiger partial charge on any atom is 0.215 e. The van der Waals surface area contributed by atoms with Gasteiger partial charge in [0.25, 0.3) is 0 Å². The van der Waals surface area contributed by atoms with Gasteiger partial charge in [-0.1, -0.05) is 25.1 Å². The van der Waals surface area contributed by atoms with E-state index in [9.17, 15) is 8.78 Å². The monoisotopic (exact) mass is 606 g/mol. The van der Waals surface area contributed by atoms with Crippen molar-refractivity contribution < 1.29 is 18.3 Å². The van der Waals surface area contributed by atoms with Crippen molar-refractivity contribution in [1.29, 1.82) is 0 Å². The van der Waals surface area contributed by atoms with Crippen LogP contribution in [0.5, 0.6) is 11.6 Å². The van der Waals surface area contributed by atoms with E-state index in [1.807, 2.05) is 23.6 Å². The number of hydrogen-bond donors (Lipinski definition) is 2. The lowest BCUT2D eigenvalue weighted by atomic mass is 9.99. The molecule has 10 heteroatoms. The zero-order valence-corrected chi connectivity index (χ0v) is 24.6. The first-order valence-corrected chi connectivity index (χ1v) is 15.0. The molecule has 0 radical (unpaired) electrons. The number of hydrogen-bond acceptors (Lipinski definition) is 6. The Kier molecular flexibility index (Phi) is 6.92. The Balaban J connectivity index is 1.18. The summed E-state index contributed by atoms with van der Waals surface area (Å²) in [5, 5.41) is 7.67. The highest BCUT2D eigenvalue weighted by atomic mass is 35.5. The molecule has 4 heterocycles. The summed E-state index contributed by atoms with van der Waals surface area (Å²) in [5.74, 6) is 0.190. The quantitative estimate of drug-likeness (QED) is 0.117. The van der Waals surface area contributed by atoms with Crippen LogP contribution in [0.1, 0.15) is 72.2 Å². The number of benzene rings is 1. The van der Waals surface area contributed by atoms with E-state index in [0.29, 0.717) is 42.1 Å². The molecule has 3 aromatic heterocycles. The predicted molar refractivity (Wildman–Crippen MR) is 162 cm³/mol. The van der Waals surface area contributed by atoms with Crippen LogP contribution < -0.4 is 14.8 Å². The Hall–Kier alpha value is -3.52. The second-order valence-corrected chi connectivity index (χ2v) is 12.3. The summed E-state index contributed by atoms with van der Waals surface area (Å²) in [4.78, 5) is 4.74. The first-order chi connectivity index (χ1) is 20.3. The number of ether oxygens (including phenoxy) is 2. The van der Waals surface area contributed by atoms with Crippen molar-refractivity contribution >= 4 is 35.4 Å². The molecular formula is C32H29ClF2N4O2S. The minimum Gasteiger partial charge on any atom is -0.490 e. The van der Waals surface area contributed by atoms with Gasteiger partial charge in [0, 0.05) is 47.2 Å². The second kappa shape index (κ2) is 10.6. The molecule has 1 aliphatic heterocycles. The van der Waals surface area contributed by atoms with Crippen molar-refractivity contribution in [1.82, 2.24) is 19.9 Å². The minimum atomic E-state index is -0.830. The molecule has 0 saturated heterocycles. The van der Waals surface area contributed by atoms with Gasteiger partial charge < -0.3 is 14.8 Å². The molecule has 0 bridgehead atoms. The van der Waals surface area contributed by atoms with Crippen molar-refractivity contribution in [3.8, 4) is 22.9 Å². The number of pyridine rings is 2. The number of rotatable bonds is 9. The molecule has 2 aliphatic carbocycles. The Morgan fingerprint density at radius 1 is 1.19 bits per heavy atom. The number of fused-ring (bicyclic) bond motifs is 2. The first kappa shape index (κ1) is 27.3. The van der Waals surface area contributed by atoms with E-state index in [-0.39, 0.29) is 33.6 Å². The lowest BCUT2D eigenvalue weighted by Crippen LogP contribution is -2.19. The molecule has 1 N–H and O–H groups in total. The van der Waals surface area contributed by atoms with Crippen molar-refractivity contribution in [3.05, 3.63) is 87.9 Å². The predicted octanol–water partition coefficient (Wildman–Crippen LogP) is 7.63. The van der Waals surface area contributed by atoms with Gasteiger partial charge in [-0.05, 0) is 49.9 Å². The molecule has 2 saturated carbocycles. The fraction of sp³-hybridized carbons (Fsp3) is 0.344. The van der Waals surface area contributed by atoms with Crippen molar-refractivity contribution in [2.24, 2.45) is 0 Å². The Labute approximate surface area is 252 Å². The van der Waals surface area contributed by atoms with Crippen LogP contribution in [0.25, 0.3) is 22.5 Å². The van der Waals surface area contributed by atoms with Gasteiger partial charge in [0.05, 0.1) is 39.5 Å². The van der Waals surface area contributed by atoms with Crippen molar-refractivity contribution in [2.75, 3.05) is 13.2 Å². The van der Waals surface area contributed by atoms with Crippen LogP contribution in [0, 0.1) is 11.6 Å². The van der Waals surface area contributed by atoms with Gasteiger partial charge in [0.15, 0.2) is 0 Å². The van der Waals surface area contributed by atoms with E-state index in [1.165, 1.54) is 18.9 Å². The summed E-state index contributed by atoms with van der Waals surface area (Å²) in [6.07, 6.45) is 4.64. The third kappa shape index (κ3) is 5.14. The molecule has 0 spiro atoms. The molecule has 2 atom stereocenters. The van der Waals surface area contributed by atoms with E-state index in [2.05, 4.69) is 29.8 Å². The molecule has 3 aliphatic rings. The Morgan fingerprint density at radius 2 is 2.00 bits per heavy atom. The molecule has 42 heavy (non-hydrogen) atoms. The molecule has 1 aromatic carbocycles. The van der Waals surface area contributed by atoms with Gasteiger partial charge in [-0.3, -0.25) is 0 Å². The highest BCUT2D eigenvalue weighted by Crippen LogP contribution is 2.44. The highest BCUT2D eigenvalue weighted by Gasteiger charge is 2.30. The summed E-state index contributed by atoms with van der Waals surface area (Å²) in [6, 6.07) is 10.1. The second-order valence-electron chi connectivity index (χ2n) is 11.3. The molecule has 0 amide bonds. The number of halogens is 3. The van der Waals surface area contributed by atoms with Crippen LogP contribution in [0.4, 0.5) is 8.78 Å². The van der Waals surface area contributed by atoms with E-state index >= 15 is 0 Å². The molecule has 6 nitrogen and oxygen atoms in total.